The molecular formula is C13H19N3O3S. The van der Waals surface area contributed by atoms with Crippen molar-refractivity contribution in [3.8, 4) is 0 Å². The summed E-state index contributed by atoms with van der Waals surface area (Å²) in [5.41, 5.74) is 0.321. The molecule has 0 radical (unpaired) electrons. The van der Waals surface area contributed by atoms with Crippen molar-refractivity contribution < 1.29 is 9.11 Å². The van der Waals surface area contributed by atoms with Gasteiger partial charge in [-0.25, -0.2) is 4.98 Å². The maximum Gasteiger partial charge on any atom is 0.252 e. The topological polar surface area (TPSA) is 88.2 Å². The van der Waals surface area contributed by atoms with E-state index in [1.54, 1.807) is 10.6 Å². The summed E-state index contributed by atoms with van der Waals surface area (Å²) in [4.78, 5) is 20.3. The van der Waals surface area contributed by atoms with Gasteiger partial charge >= 0.3 is 0 Å². The first kappa shape index (κ1) is 15.0. The van der Waals surface area contributed by atoms with Gasteiger partial charge in [-0.15, -0.1) is 10.6 Å². The quantitative estimate of drug-likeness (QED) is 0.847. The Bertz CT molecular complexity index is 675. The van der Waals surface area contributed by atoms with Crippen LogP contribution >= 0.6 is 10.6 Å². The molecule has 20 heavy (non-hydrogen) atoms. The molecule has 6 nitrogen and oxygen atoms in total. The fourth-order valence-corrected chi connectivity index (χ4v) is 2.73. The molecule has 0 bridgehead atoms. The zero-order chi connectivity index (χ0) is 14.9. The number of hydrogen-bond acceptors (Lipinski definition) is 5. The monoisotopic (exact) mass is 297 g/mol. The normalized spacial score (nSPS) is 13.1. The van der Waals surface area contributed by atoms with Crippen LogP contribution in [0.2, 0.25) is 0 Å². The van der Waals surface area contributed by atoms with Gasteiger partial charge in [0.2, 0.25) is 5.16 Å². The van der Waals surface area contributed by atoms with Crippen LogP contribution in [0.15, 0.2) is 28.3 Å². The van der Waals surface area contributed by atoms with Crippen molar-refractivity contribution in [2.75, 3.05) is 6.26 Å². The Morgan fingerprint density at radius 2 is 1.95 bits per heavy atom. The molecule has 0 spiro atoms. The molecular weight excluding hydrogens is 278 g/mol. The summed E-state index contributed by atoms with van der Waals surface area (Å²) in [6.07, 6.45) is 4.40. The summed E-state index contributed by atoms with van der Waals surface area (Å²) in [7, 11) is -3.00. The van der Waals surface area contributed by atoms with Crippen LogP contribution in [0.4, 0.5) is 0 Å². The van der Waals surface area contributed by atoms with Crippen LogP contribution in [-0.4, -0.2) is 29.9 Å². The molecule has 2 N–H and O–H groups in total. The maximum atomic E-state index is 12.1. The number of hydrogen-bond donors (Lipinski definition) is 2. The molecule has 0 unspecified atom stereocenters. The van der Waals surface area contributed by atoms with Crippen molar-refractivity contribution in [1.29, 1.82) is 0 Å². The predicted molar refractivity (Wildman–Crippen MR) is 80.5 cm³/mol. The molecule has 0 aliphatic heterocycles. The Morgan fingerprint density at radius 3 is 2.50 bits per heavy atom. The Balaban J connectivity index is 2.77. The molecule has 0 amide bonds. The van der Waals surface area contributed by atoms with E-state index in [2.05, 4.69) is 9.97 Å². The molecule has 0 fully saturated rings. The van der Waals surface area contributed by atoms with Crippen molar-refractivity contribution in [3.63, 3.8) is 0 Å². The minimum Gasteiger partial charge on any atom is -0.292 e. The first-order chi connectivity index (χ1) is 9.38. The van der Waals surface area contributed by atoms with E-state index in [0.717, 1.165) is 12.8 Å². The molecule has 0 aliphatic rings. The molecule has 0 atom stereocenters. The summed E-state index contributed by atoms with van der Waals surface area (Å²) in [5, 5.41) is 0.680. The van der Waals surface area contributed by atoms with Crippen LogP contribution < -0.4 is 5.56 Å². The second-order valence-electron chi connectivity index (χ2n) is 4.78. The lowest BCUT2D eigenvalue weighted by atomic mass is 10.1. The fourth-order valence-electron chi connectivity index (χ4n) is 2.22. The minimum atomic E-state index is -3.00. The summed E-state index contributed by atoms with van der Waals surface area (Å²) in [6, 6.07) is 3.18. The SMILES string of the molecule is CCC(CC)n1c(=O)ccc2cnc(S(C)(O)O)nc21. The van der Waals surface area contributed by atoms with E-state index in [9.17, 15) is 13.9 Å². The molecule has 0 aliphatic carbocycles. The van der Waals surface area contributed by atoms with Crippen LogP contribution in [0, 0.1) is 0 Å². The van der Waals surface area contributed by atoms with E-state index in [0.29, 0.717) is 11.0 Å². The third kappa shape index (κ3) is 2.70. The van der Waals surface area contributed by atoms with Crippen molar-refractivity contribution >= 4 is 21.6 Å². The Hall–Kier alpha value is -1.44. The highest BCUT2D eigenvalue weighted by atomic mass is 32.3. The number of nitrogens with zero attached hydrogens (tertiary/aromatic N) is 3. The van der Waals surface area contributed by atoms with Crippen LogP contribution in [-0.2, 0) is 0 Å². The van der Waals surface area contributed by atoms with Crippen LogP contribution in [0.3, 0.4) is 0 Å². The maximum absolute atomic E-state index is 12.1. The van der Waals surface area contributed by atoms with Crippen LogP contribution in [0.25, 0.3) is 11.0 Å². The summed E-state index contributed by atoms with van der Waals surface area (Å²) in [5.74, 6) is 0. The molecule has 0 saturated carbocycles. The largest absolute Gasteiger partial charge is 0.292 e. The van der Waals surface area contributed by atoms with Gasteiger partial charge in [0.25, 0.3) is 5.56 Å². The molecule has 0 aromatic carbocycles. The lowest BCUT2D eigenvalue weighted by Crippen LogP contribution is -2.25. The van der Waals surface area contributed by atoms with Gasteiger partial charge in [0.15, 0.2) is 0 Å². The number of aromatic nitrogens is 3. The van der Waals surface area contributed by atoms with E-state index in [1.165, 1.54) is 18.5 Å². The molecule has 2 aromatic rings. The molecule has 2 rings (SSSR count). The summed E-state index contributed by atoms with van der Waals surface area (Å²) in [6.45, 7) is 4.02. The number of fused-ring (bicyclic) bond motifs is 1. The van der Waals surface area contributed by atoms with E-state index in [-0.39, 0.29) is 16.8 Å². The van der Waals surface area contributed by atoms with Gasteiger partial charge in [-0.3, -0.25) is 18.5 Å². The Kier molecular flexibility index (Phi) is 4.12. The zero-order valence-corrected chi connectivity index (χ0v) is 12.6. The van der Waals surface area contributed by atoms with Gasteiger partial charge in [-0.2, -0.15) is 4.98 Å². The van der Waals surface area contributed by atoms with Crippen molar-refractivity contribution in [1.82, 2.24) is 14.5 Å². The number of rotatable bonds is 4. The highest BCUT2D eigenvalue weighted by Gasteiger charge is 2.17. The second kappa shape index (κ2) is 5.51. The standard InChI is InChI=1S/C13H19N3O3S/c1-4-10(5-2)16-11(17)7-6-9-8-14-13(15-12(9)16)20(3,18)19/h6-8,10,18-19H,4-5H2,1-3H3. The molecule has 2 heterocycles. The Morgan fingerprint density at radius 1 is 1.30 bits per heavy atom. The molecule has 7 heteroatoms. The first-order valence-corrected chi connectivity index (χ1v) is 8.45. The van der Waals surface area contributed by atoms with Crippen LogP contribution in [0.1, 0.15) is 32.7 Å². The lowest BCUT2D eigenvalue weighted by Gasteiger charge is -2.25. The second-order valence-corrected chi connectivity index (χ2v) is 6.81. The van der Waals surface area contributed by atoms with Gasteiger partial charge in [0, 0.05) is 29.9 Å². The lowest BCUT2D eigenvalue weighted by molar-refractivity contribution is 0.465. The minimum absolute atomic E-state index is 0.0321. The molecule has 0 saturated heterocycles. The first-order valence-electron chi connectivity index (χ1n) is 6.50. The smallest absolute Gasteiger partial charge is 0.252 e. The average Bonchev–Trinajstić information content (AvgIpc) is 2.40. The van der Waals surface area contributed by atoms with E-state index < -0.39 is 10.6 Å². The highest BCUT2D eigenvalue weighted by molar-refractivity contribution is 8.23. The third-order valence-electron chi connectivity index (χ3n) is 3.30. The third-order valence-corrected chi connectivity index (χ3v) is 4.19. The van der Waals surface area contributed by atoms with Gasteiger partial charge in [-0.05, 0) is 18.9 Å². The van der Waals surface area contributed by atoms with Crippen molar-refractivity contribution in [3.05, 3.63) is 28.7 Å². The van der Waals surface area contributed by atoms with Gasteiger partial charge in [-0.1, -0.05) is 13.8 Å². The summed E-state index contributed by atoms with van der Waals surface area (Å²) < 4.78 is 21.0. The van der Waals surface area contributed by atoms with E-state index in [1.807, 2.05) is 13.8 Å². The van der Waals surface area contributed by atoms with Crippen molar-refractivity contribution in [2.45, 2.75) is 37.9 Å². The number of pyridine rings is 1. The average molecular weight is 297 g/mol. The van der Waals surface area contributed by atoms with Gasteiger partial charge in [0.05, 0.1) is 0 Å². The van der Waals surface area contributed by atoms with Gasteiger partial charge < -0.3 is 0 Å². The van der Waals surface area contributed by atoms with E-state index >= 15 is 0 Å². The highest BCUT2D eigenvalue weighted by Crippen LogP contribution is 2.41. The van der Waals surface area contributed by atoms with E-state index in [4.69, 9.17) is 0 Å². The predicted octanol–water partition coefficient (Wildman–Crippen LogP) is 2.89. The molecule has 2 aromatic heterocycles. The fraction of sp³-hybridized carbons (Fsp3) is 0.462. The Labute approximate surface area is 118 Å². The summed E-state index contributed by atoms with van der Waals surface area (Å²) >= 11 is 0. The zero-order valence-electron chi connectivity index (χ0n) is 11.8. The van der Waals surface area contributed by atoms with Crippen LogP contribution in [0.5, 0.6) is 0 Å². The van der Waals surface area contributed by atoms with Crippen molar-refractivity contribution in [2.24, 2.45) is 0 Å². The van der Waals surface area contributed by atoms with Gasteiger partial charge in [0.1, 0.15) is 5.65 Å². The molecule has 110 valence electrons.